The van der Waals surface area contributed by atoms with Crippen LogP contribution in [-0.4, -0.2) is 32.5 Å². The van der Waals surface area contributed by atoms with Crippen LogP contribution in [0.2, 0.25) is 0 Å². The fraction of sp³-hybridized carbons (Fsp3) is 0.450. The summed E-state index contributed by atoms with van der Waals surface area (Å²) in [4.78, 5) is 16.9. The predicted molar refractivity (Wildman–Crippen MR) is 103 cm³/mol. The number of nitrogens with zero attached hydrogens (tertiary/aromatic N) is 3. The third kappa shape index (κ3) is 3.76. The van der Waals surface area contributed by atoms with E-state index in [1.165, 1.54) is 17.7 Å². The molecule has 0 spiro atoms. The van der Waals surface area contributed by atoms with Gasteiger partial charge in [-0.25, -0.2) is 4.98 Å². The molecule has 2 atom stereocenters. The predicted octanol–water partition coefficient (Wildman–Crippen LogP) is 2.67. The fourth-order valence-corrected chi connectivity index (χ4v) is 3.90. The summed E-state index contributed by atoms with van der Waals surface area (Å²) in [6.45, 7) is 0.710. The second-order valence-electron chi connectivity index (χ2n) is 7.07. The number of aromatic nitrogens is 4. The maximum absolute atomic E-state index is 5.77. The number of hydrogen-bond donors (Lipinski definition) is 3. The first-order valence-electron chi connectivity index (χ1n) is 9.52. The van der Waals surface area contributed by atoms with Gasteiger partial charge in [-0.3, -0.25) is 9.97 Å². The highest BCUT2D eigenvalue weighted by Gasteiger charge is 2.24. The number of rotatable bonds is 7. The van der Waals surface area contributed by atoms with E-state index >= 15 is 0 Å². The number of H-pyrrole nitrogens is 1. The van der Waals surface area contributed by atoms with Gasteiger partial charge in [0.15, 0.2) is 0 Å². The van der Waals surface area contributed by atoms with Crippen LogP contribution in [0.4, 0.5) is 0 Å². The highest BCUT2D eigenvalue weighted by Crippen LogP contribution is 2.28. The van der Waals surface area contributed by atoms with Crippen molar-refractivity contribution in [2.75, 3.05) is 6.54 Å². The summed E-state index contributed by atoms with van der Waals surface area (Å²) in [5.74, 6) is 1.000. The number of imidazole rings is 1. The fourth-order valence-electron chi connectivity index (χ4n) is 3.90. The lowest BCUT2D eigenvalue weighted by molar-refractivity contribution is 0.363. The minimum atomic E-state index is 0.314. The Balaban J connectivity index is 1.52. The van der Waals surface area contributed by atoms with Crippen molar-refractivity contribution in [1.29, 1.82) is 0 Å². The first-order chi connectivity index (χ1) is 12.8. The van der Waals surface area contributed by atoms with E-state index in [0.29, 0.717) is 18.6 Å². The van der Waals surface area contributed by atoms with Gasteiger partial charge in [0.25, 0.3) is 0 Å². The number of hydrogen-bond acceptors (Lipinski definition) is 5. The number of aryl methyl sites for hydroxylation is 1. The summed E-state index contributed by atoms with van der Waals surface area (Å²) in [5, 5.41) is 3.85. The Labute approximate surface area is 153 Å². The molecule has 6 heteroatoms. The van der Waals surface area contributed by atoms with Crippen molar-refractivity contribution in [3.8, 4) is 0 Å². The molecule has 0 radical (unpaired) electrons. The van der Waals surface area contributed by atoms with Crippen LogP contribution in [-0.2, 0) is 12.8 Å². The Morgan fingerprint density at radius 3 is 3.15 bits per heavy atom. The van der Waals surface area contributed by atoms with Gasteiger partial charge in [0, 0.05) is 30.9 Å². The summed E-state index contributed by atoms with van der Waals surface area (Å²) in [5.41, 5.74) is 10.3. The smallest absolute Gasteiger partial charge is 0.108 e. The molecular formula is C20H26N6. The zero-order chi connectivity index (χ0) is 17.8. The van der Waals surface area contributed by atoms with Crippen molar-refractivity contribution in [2.45, 2.75) is 50.6 Å². The van der Waals surface area contributed by atoms with Crippen molar-refractivity contribution in [1.82, 2.24) is 25.3 Å². The minimum Gasteiger partial charge on any atom is -0.342 e. The summed E-state index contributed by atoms with van der Waals surface area (Å²) in [7, 11) is 0. The third-order valence-corrected chi connectivity index (χ3v) is 5.16. The molecule has 1 aliphatic carbocycles. The van der Waals surface area contributed by atoms with Crippen LogP contribution < -0.4 is 11.1 Å². The third-order valence-electron chi connectivity index (χ3n) is 5.16. The number of fused-ring (bicyclic) bond motifs is 2. The molecule has 0 aliphatic heterocycles. The van der Waals surface area contributed by atoms with Gasteiger partial charge in [0.2, 0.25) is 0 Å². The summed E-state index contributed by atoms with van der Waals surface area (Å²) in [6, 6.07) is 6.85. The molecular weight excluding hydrogens is 324 g/mol. The van der Waals surface area contributed by atoms with Gasteiger partial charge >= 0.3 is 0 Å². The number of nitrogens with one attached hydrogen (secondary N) is 2. The molecule has 0 amide bonds. The normalized spacial score (nSPS) is 18.0. The Morgan fingerprint density at radius 2 is 2.27 bits per heavy atom. The van der Waals surface area contributed by atoms with Crippen molar-refractivity contribution < 1.29 is 0 Å². The van der Waals surface area contributed by atoms with Crippen LogP contribution in [0.3, 0.4) is 0 Å². The molecule has 3 aromatic heterocycles. The SMILES string of the molecule is NCCCC(Cc1nc2cnccc2[nH]1)NC1CCCc2cccnc21. The molecule has 136 valence electrons. The lowest BCUT2D eigenvalue weighted by Crippen LogP contribution is -2.37. The largest absolute Gasteiger partial charge is 0.342 e. The van der Waals surface area contributed by atoms with Gasteiger partial charge in [-0.2, -0.15) is 0 Å². The molecule has 0 aromatic carbocycles. The maximum atomic E-state index is 5.77. The number of nitrogens with two attached hydrogens (primary N) is 1. The second-order valence-corrected chi connectivity index (χ2v) is 7.07. The first kappa shape index (κ1) is 17.1. The average molecular weight is 350 g/mol. The Bertz CT molecular complexity index is 825. The van der Waals surface area contributed by atoms with E-state index < -0.39 is 0 Å². The Morgan fingerprint density at radius 1 is 1.31 bits per heavy atom. The van der Waals surface area contributed by atoms with Crippen molar-refractivity contribution in [3.63, 3.8) is 0 Å². The zero-order valence-corrected chi connectivity index (χ0v) is 15.0. The van der Waals surface area contributed by atoms with Crippen molar-refractivity contribution in [3.05, 3.63) is 53.9 Å². The molecule has 26 heavy (non-hydrogen) atoms. The lowest BCUT2D eigenvalue weighted by Gasteiger charge is -2.29. The van der Waals surface area contributed by atoms with E-state index in [9.17, 15) is 0 Å². The van der Waals surface area contributed by atoms with E-state index in [-0.39, 0.29) is 0 Å². The second kappa shape index (κ2) is 7.93. The van der Waals surface area contributed by atoms with Crippen LogP contribution in [0.25, 0.3) is 11.0 Å². The van der Waals surface area contributed by atoms with Crippen LogP contribution in [0.5, 0.6) is 0 Å². The van der Waals surface area contributed by atoms with E-state index in [4.69, 9.17) is 10.7 Å². The zero-order valence-electron chi connectivity index (χ0n) is 15.0. The quantitative estimate of drug-likeness (QED) is 0.609. The van der Waals surface area contributed by atoms with Gasteiger partial charge in [0.1, 0.15) is 11.3 Å². The lowest BCUT2D eigenvalue weighted by atomic mass is 9.91. The molecule has 0 fully saturated rings. The monoisotopic (exact) mass is 350 g/mol. The Kier molecular flexibility index (Phi) is 5.22. The van der Waals surface area contributed by atoms with Crippen LogP contribution in [0, 0.1) is 0 Å². The van der Waals surface area contributed by atoms with Gasteiger partial charge < -0.3 is 16.0 Å². The van der Waals surface area contributed by atoms with Crippen LogP contribution in [0.15, 0.2) is 36.8 Å². The van der Waals surface area contributed by atoms with Crippen molar-refractivity contribution in [2.24, 2.45) is 5.73 Å². The topological polar surface area (TPSA) is 92.5 Å². The van der Waals surface area contributed by atoms with E-state index in [1.54, 1.807) is 12.4 Å². The molecule has 1 aliphatic rings. The molecule has 4 N–H and O–H groups in total. The maximum Gasteiger partial charge on any atom is 0.108 e. The van der Waals surface area contributed by atoms with Gasteiger partial charge in [-0.1, -0.05) is 6.07 Å². The number of aromatic amines is 1. The molecule has 0 saturated heterocycles. The summed E-state index contributed by atoms with van der Waals surface area (Å²) in [6.07, 6.45) is 11.9. The van der Waals surface area contributed by atoms with Crippen LogP contribution in [0.1, 0.15) is 48.8 Å². The molecule has 3 aromatic rings. The Hall–Kier alpha value is -2.31. The van der Waals surface area contributed by atoms with E-state index in [2.05, 4.69) is 26.3 Å². The molecule has 0 saturated carbocycles. The van der Waals surface area contributed by atoms with Gasteiger partial charge in [-0.15, -0.1) is 0 Å². The summed E-state index contributed by atoms with van der Waals surface area (Å²) >= 11 is 0. The molecule has 2 unspecified atom stereocenters. The van der Waals surface area contributed by atoms with E-state index in [1.807, 2.05) is 18.3 Å². The average Bonchev–Trinajstić information content (AvgIpc) is 3.08. The van der Waals surface area contributed by atoms with Crippen LogP contribution >= 0.6 is 0 Å². The van der Waals surface area contributed by atoms with Crippen molar-refractivity contribution >= 4 is 11.0 Å². The molecule has 0 bridgehead atoms. The minimum absolute atomic E-state index is 0.314. The van der Waals surface area contributed by atoms with Gasteiger partial charge in [-0.05, 0) is 56.3 Å². The first-order valence-corrected chi connectivity index (χ1v) is 9.52. The highest BCUT2D eigenvalue weighted by atomic mass is 15.0. The van der Waals surface area contributed by atoms with Gasteiger partial charge in [0.05, 0.1) is 17.4 Å². The highest BCUT2D eigenvalue weighted by molar-refractivity contribution is 5.73. The molecule has 3 heterocycles. The number of pyridine rings is 2. The molecule has 4 rings (SSSR count). The molecule has 6 nitrogen and oxygen atoms in total. The summed E-state index contributed by atoms with van der Waals surface area (Å²) < 4.78 is 0. The van der Waals surface area contributed by atoms with E-state index in [0.717, 1.165) is 49.0 Å². The standard InChI is InChI=1S/C20H26N6/c21-9-2-6-15(12-19-25-16-8-11-22-13-18(16)26-19)24-17-7-1-4-14-5-3-10-23-20(14)17/h3,5,8,10-11,13,15,17,24H,1-2,4,6-7,9,12,21H2,(H,25,26).